The van der Waals surface area contributed by atoms with Crippen LogP contribution in [0.3, 0.4) is 0 Å². The molecular weight excluding hydrogens is 352 g/mol. The Hall–Kier alpha value is -3.34. The van der Waals surface area contributed by atoms with Gasteiger partial charge in [0.1, 0.15) is 5.60 Å². The molecule has 0 saturated carbocycles. The smallest absolute Gasteiger partial charge is 0.407 e. The average molecular weight is 376 g/mol. The van der Waals surface area contributed by atoms with Crippen LogP contribution in [0.15, 0.2) is 66.7 Å². The molecule has 5 nitrogen and oxygen atoms in total. The first-order valence-electron chi connectivity index (χ1n) is 9.17. The Kier molecular flexibility index (Phi) is 5.64. The molecule has 0 aliphatic heterocycles. The summed E-state index contributed by atoms with van der Waals surface area (Å²) in [6.45, 7) is 5.68. The van der Waals surface area contributed by atoms with E-state index >= 15 is 0 Å². The Bertz CT molecular complexity index is 1010. The zero-order valence-electron chi connectivity index (χ0n) is 16.3. The molecule has 0 heterocycles. The van der Waals surface area contributed by atoms with Crippen LogP contribution >= 0.6 is 0 Å². The third-order valence-electron chi connectivity index (χ3n) is 4.10. The van der Waals surface area contributed by atoms with Gasteiger partial charge in [0.2, 0.25) is 0 Å². The maximum absolute atomic E-state index is 12.7. The van der Waals surface area contributed by atoms with Crippen molar-refractivity contribution in [2.24, 2.45) is 0 Å². The molecule has 0 radical (unpaired) electrons. The lowest BCUT2D eigenvalue weighted by molar-refractivity contribution is 0.0523. The van der Waals surface area contributed by atoms with Gasteiger partial charge in [0, 0.05) is 17.8 Å². The second-order valence-electron chi connectivity index (χ2n) is 7.53. The highest BCUT2D eigenvalue weighted by molar-refractivity contribution is 6.06. The van der Waals surface area contributed by atoms with Crippen LogP contribution in [-0.4, -0.2) is 17.6 Å². The SMILES string of the molecule is CC(C)(C)OC(=O)NCc1ccccc1NC(=O)c1ccc2ccccc2c1. The summed E-state index contributed by atoms with van der Waals surface area (Å²) < 4.78 is 5.25. The number of anilines is 1. The summed E-state index contributed by atoms with van der Waals surface area (Å²) >= 11 is 0. The fourth-order valence-electron chi connectivity index (χ4n) is 2.80. The van der Waals surface area contributed by atoms with Gasteiger partial charge in [-0.25, -0.2) is 4.79 Å². The monoisotopic (exact) mass is 376 g/mol. The Labute approximate surface area is 164 Å². The lowest BCUT2D eigenvalue weighted by atomic mass is 10.1. The number of ether oxygens (including phenoxy) is 1. The van der Waals surface area contributed by atoms with Crippen LogP contribution in [0.25, 0.3) is 10.8 Å². The highest BCUT2D eigenvalue weighted by Gasteiger charge is 2.16. The van der Waals surface area contributed by atoms with Gasteiger partial charge in [-0.1, -0.05) is 48.5 Å². The van der Waals surface area contributed by atoms with Crippen molar-refractivity contribution in [3.8, 4) is 0 Å². The van der Waals surface area contributed by atoms with Crippen molar-refractivity contribution in [1.29, 1.82) is 0 Å². The van der Waals surface area contributed by atoms with Crippen LogP contribution in [0.2, 0.25) is 0 Å². The van der Waals surface area contributed by atoms with Gasteiger partial charge in [-0.2, -0.15) is 0 Å². The van der Waals surface area contributed by atoms with E-state index in [9.17, 15) is 9.59 Å². The summed E-state index contributed by atoms with van der Waals surface area (Å²) in [5.41, 5.74) is 1.46. The Morgan fingerprint density at radius 3 is 2.32 bits per heavy atom. The van der Waals surface area contributed by atoms with E-state index in [1.54, 1.807) is 6.07 Å². The van der Waals surface area contributed by atoms with Crippen LogP contribution in [0.1, 0.15) is 36.7 Å². The molecule has 0 aromatic heterocycles. The molecule has 0 atom stereocenters. The third kappa shape index (κ3) is 5.10. The van der Waals surface area contributed by atoms with Gasteiger partial charge in [-0.05, 0) is 55.3 Å². The van der Waals surface area contributed by atoms with E-state index in [0.717, 1.165) is 16.3 Å². The van der Waals surface area contributed by atoms with Gasteiger partial charge in [0.05, 0.1) is 0 Å². The van der Waals surface area contributed by atoms with Crippen molar-refractivity contribution in [1.82, 2.24) is 5.32 Å². The molecule has 2 N–H and O–H groups in total. The molecular formula is C23H24N2O3. The van der Waals surface area contributed by atoms with Crippen LogP contribution in [-0.2, 0) is 11.3 Å². The molecule has 0 unspecified atom stereocenters. The van der Waals surface area contributed by atoms with Crippen molar-refractivity contribution in [2.45, 2.75) is 32.9 Å². The number of carbonyl (C=O) groups is 2. The normalized spacial score (nSPS) is 11.1. The van der Waals surface area contributed by atoms with E-state index in [1.807, 2.05) is 81.4 Å². The summed E-state index contributed by atoms with van der Waals surface area (Å²) in [4.78, 5) is 24.6. The molecule has 2 amide bonds. The quantitative estimate of drug-likeness (QED) is 0.664. The van der Waals surface area contributed by atoms with Gasteiger partial charge >= 0.3 is 6.09 Å². The predicted molar refractivity (Wildman–Crippen MR) is 111 cm³/mol. The van der Waals surface area contributed by atoms with E-state index in [2.05, 4.69) is 10.6 Å². The molecule has 5 heteroatoms. The van der Waals surface area contributed by atoms with Crippen molar-refractivity contribution in [3.63, 3.8) is 0 Å². The molecule has 3 rings (SSSR count). The van der Waals surface area contributed by atoms with Gasteiger partial charge in [0.25, 0.3) is 5.91 Å². The van der Waals surface area contributed by atoms with Gasteiger partial charge in [0.15, 0.2) is 0 Å². The first-order valence-corrected chi connectivity index (χ1v) is 9.17. The first kappa shape index (κ1) is 19.4. The molecule has 0 aliphatic carbocycles. The molecule has 28 heavy (non-hydrogen) atoms. The number of rotatable bonds is 4. The van der Waals surface area contributed by atoms with Crippen LogP contribution in [0.4, 0.5) is 10.5 Å². The van der Waals surface area contributed by atoms with Gasteiger partial charge < -0.3 is 15.4 Å². The maximum atomic E-state index is 12.7. The number of alkyl carbamates (subject to hydrolysis) is 1. The van der Waals surface area contributed by atoms with Crippen molar-refractivity contribution in [2.75, 3.05) is 5.32 Å². The fourth-order valence-corrected chi connectivity index (χ4v) is 2.80. The minimum Gasteiger partial charge on any atom is -0.444 e. The van der Waals surface area contributed by atoms with Crippen molar-refractivity contribution in [3.05, 3.63) is 77.9 Å². The molecule has 3 aromatic rings. The number of para-hydroxylation sites is 1. The highest BCUT2D eigenvalue weighted by Crippen LogP contribution is 2.19. The largest absolute Gasteiger partial charge is 0.444 e. The standard InChI is InChI=1S/C23H24N2O3/c1-23(2,3)28-22(27)24-15-19-10-6-7-11-20(19)25-21(26)18-13-12-16-8-4-5-9-17(16)14-18/h4-14H,15H2,1-3H3,(H,24,27)(H,25,26). The lowest BCUT2D eigenvalue weighted by Gasteiger charge is -2.20. The van der Waals surface area contributed by atoms with E-state index < -0.39 is 11.7 Å². The second-order valence-corrected chi connectivity index (χ2v) is 7.53. The number of hydrogen-bond acceptors (Lipinski definition) is 3. The third-order valence-corrected chi connectivity index (χ3v) is 4.10. The second kappa shape index (κ2) is 8.13. The molecule has 0 fully saturated rings. The number of amides is 2. The Morgan fingerprint density at radius 2 is 1.57 bits per heavy atom. The topological polar surface area (TPSA) is 67.4 Å². The van der Waals surface area contributed by atoms with Crippen molar-refractivity contribution < 1.29 is 14.3 Å². The predicted octanol–water partition coefficient (Wildman–Crippen LogP) is 5.12. The summed E-state index contributed by atoms with van der Waals surface area (Å²) in [6, 6.07) is 20.9. The van der Waals surface area contributed by atoms with E-state index in [0.29, 0.717) is 11.3 Å². The number of fused-ring (bicyclic) bond motifs is 1. The molecule has 3 aromatic carbocycles. The van der Waals surface area contributed by atoms with Crippen molar-refractivity contribution >= 4 is 28.5 Å². The highest BCUT2D eigenvalue weighted by atomic mass is 16.6. The minimum absolute atomic E-state index is 0.199. The first-order chi connectivity index (χ1) is 13.3. The van der Waals surface area contributed by atoms with E-state index in [-0.39, 0.29) is 12.5 Å². The number of benzene rings is 3. The van der Waals surface area contributed by atoms with E-state index in [1.165, 1.54) is 0 Å². The molecule has 0 saturated heterocycles. The Morgan fingerprint density at radius 1 is 0.893 bits per heavy atom. The van der Waals surface area contributed by atoms with E-state index in [4.69, 9.17) is 4.74 Å². The fraction of sp³-hybridized carbons (Fsp3) is 0.217. The average Bonchev–Trinajstić information content (AvgIpc) is 2.65. The summed E-state index contributed by atoms with van der Waals surface area (Å²) in [5.74, 6) is -0.199. The molecule has 144 valence electrons. The number of carbonyl (C=O) groups excluding carboxylic acids is 2. The van der Waals surface area contributed by atoms with Crippen LogP contribution in [0, 0.1) is 0 Å². The minimum atomic E-state index is -0.562. The Balaban J connectivity index is 1.71. The molecule has 0 spiro atoms. The van der Waals surface area contributed by atoms with Gasteiger partial charge in [-0.3, -0.25) is 4.79 Å². The number of nitrogens with one attached hydrogen (secondary N) is 2. The summed E-state index contributed by atoms with van der Waals surface area (Å²) in [6.07, 6.45) is -0.497. The van der Waals surface area contributed by atoms with Gasteiger partial charge in [-0.15, -0.1) is 0 Å². The lowest BCUT2D eigenvalue weighted by Crippen LogP contribution is -2.32. The van der Waals surface area contributed by atoms with Crippen LogP contribution in [0.5, 0.6) is 0 Å². The zero-order chi connectivity index (χ0) is 20.1. The summed E-state index contributed by atoms with van der Waals surface area (Å²) in [7, 11) is 0. The molecule has 0 bridgehead atoms. The molecule has 0 aliphatic rings. The summed E-state index contributed by atoms with van der Waals surface area (Å²) in [5, 5.41) is 7.75. The zero-order valence-corrected chi connectivity index (χ0v) is 16.3. The number of hydrogen-bond donors (Lipinski definition) is 2. The van der Waals surface area contributed by atoms with Crippen LogP contribution < -0.4 is 10.6 Å². The maximum Gasteiger partial charge on any atom is 0.407 e.